The molecule has 1 saturated heterocycles. The van der Waals surface area contributed by atoms with E-state index in [0.29, 0.717) is 6.29 Å². The van der Waals surface area contributed by atoms with Crippen molar-refractivity contribution < 1.29 is 57.3 Å². The Bertz CT molecular complexity index is 1010. The van der Waals surface area contributed by atoms with Crippen LogP contribution in [0.2, 0.25) is 0 Å². The number of carbonyl (C=O) groups is 5. The fourth-order valence-corrected chi connectivity index (χ4v) is 3.34. The molecular weight excluding hydrogens is 474 g/mol. The Hall–Kier alpha value is -4.07. The number of nitrogens with zero attached hydrogens (tertiary/aromatic N) is 1. The molecule has 35 heavy (non-hydrogen) atoms. The van der Waals surface area contributed by atoms with Crippen LogP contribution < -0.4 is 4.74 Å². The summed E-state index contributed by atoms with van der Waals surface area (Å²) in [5.41, 5.74) is -0.628. The zero-order valence-electron chi connectivity index (χ0n) is 19.2. The Labute approximate surface area is 198 Å². The fourth-order valence-electron chi connectivity index (χ4n) is 3.34. The standard InChI is InChI=1S/C21H23NO13/c1-10(24)31-18-16(8-17(27)30-4)35-21(20(33-12(3)26)19(18)32-11(2)25)34-15-6-5-13(9-23)7-14(15)22(28)29/h5-7,9,16,18-21H,8H2,1-4H3/t16-,18-,19+,20+,21-/m1/s1. The van der Waals surface area contributed by atoms with Crippen LogP contribution in [0.1, 0.15) is 37.6 Å². The molecule has 0 aromatic heterocycles. The first kappa shape index (κ1) is 27.2. The Morgan fingerprint density at radius 3 is 2.09 bits per heavy atom. The zero-order valence-corrected chi connectivity index (χ0v) is 19.2. The van der Waals surface area contributed by atoms with Crippen LogP contribution in [0.15, 0.2) is 18.2 Å². The molecule has 0 radical (unpaired) electrons. The fraction of sp³-hybridized carbons (Fsp3) is 0.476. The molecule has 0 saturated carbocycles. The lowest BCUT2D eigenvalue weighted by molar-refractivity contribution is -0.387. The second-order valence-electron chi connectivity index (χ2n) is 7.27. The van der Waals surface area contributed by atoms with E-state index in [2.05, 4.69) is 4.74 Å². The van der Waals surface area contributed by atoms with Crippen molar-refractivity contribution in [1.82, 2.24) is 0 Å². The van der Waals surface area contributed by atoms with Crippen molar-refractivity contribution in [3.05, 3.63) is 33.9 Å². The van der Waals surface area contributed by atoms with Crippen LogP contribution in [0, 0.1) is 10.1 Å². The van der Waals surface area contributed by atoms with Crippen LogP contribution >= 0.6 is 0 Å². The van der Waals surface area contributed by atoms with E-state index in [4.69, 9.17) is 23.7 Å². The van der Waals surface area contributed by atoms with Gasteiger partial charge in [0.05, 0.1) is 18.5 Å². The first-order valence-electron chi connectivity index (χ1n) is 10.1. The third kappa shape index (κ3) is 7.20. The number of rotatable bonds is 9. The van der Waals surface area contributed by atoms with Crippen molar-refractivity contribution in [1.29, 1.82) is 0 Å². The van der Waals surface area contributed by atoms with Crippen molar-refractivity contribution >= 4 is 35.9 Å². The summed E-state index contributed by atoms with van der Waals surface area (Å²) in [6.07, 6.45) is -7.67. The maximum Gasteiger partial charge on any atom is 0.311 e. The van der Waals surface area contributed by atoms with Gasteiger partial charge in [-0.05, 0) is 12.1 Å². The van der Waals surface area contributed by atoms with E-state index in [1.165, 1.54) is 6.07 Å². The smallest absolute Gasteiger partial charge is 0.311 e. The van der Waals surface area contributed by atoms with Gasteiger partial charge in [-0.25, -0.2) is 0 Å². The van der Waals surface area contributed by atoms with E-state index >= 15 is 0 Å². The minimum Gasteiger partial charge on any atom is -0.469 e. The summed E-state index contributed by atoms with van der Waals surface area (Å²) in [4.78, 5) is 69.1. The summed E-state index contributed by atoms with van der Waals surface area (Å²) in [5, 5.41) is 11.5. The first-order valence-corrected chi connectivity index (χ1v) is 10.1. The highest BCUT2D eigenvalue weighted by Gasteiger charge is 2.53. The van der Waals surface area contributed by atoms with Gasteiger partial charge in [0.15, 0.2) is 18.0 Å². The van der Waals surface area contributed by atoms with Gasteiger partial charge in [-0.15, -0.1) is 0 Å². The first-order chi connectivity index (χ1) is 16.5. The van der Waals surface area contributed by atoms with E-state index in [1.54, 1.807) is 0 Å². The van der Waals surface area contributed by atoms with E-state index in [-0.39, 0.29) is 11.3 Å². The molecule has 0 unspecified atom stereocenters. The largest absolute Gasteiger partial charge is 0.469 e. The van der Waals surface area contributed by atoms with Crippen molar-refractivity contribution in [3.63, 3.8) is 0 Å². The van der Waals surface area contributed by atoms with Crippen LogP contribution in [0.25, 0.3) is 0 Å². The summed E-state index contributed by atoms with van der Waals surface area (Å²) in [5.74, 6) is -3.73. The Kier molecular flexibility index (Phi) is 9.22. The van der Waals surface area contributed by atoms with Crippen molar-refractivity contribution in [2.24, 2.45) is 0 Å². The van der Waals surface area contributed by atoms with E-state index in [0.717, 1.165) is 40.0 Å². The molecule has 0 bridgehead atoms. The van der Waals surface area contributed by atoms with Crippen LogP contribution in [-0.2, 0) is 42.9 Å². The molecule has 1 aliphatic heterocycles. The predicted molar refractivity (Wildman–Crippen MR) is 111 cm³/mol. The number of nitro benzene ring substituents is 1. The second-order valence-corrected chi connectivity index (χ2v) is 7.27. The average Bonchev–Trinajstić information content (AvgIpc) is 2.77. The molecule has 1 aliphatic rings. The summed E-state index contributed by atoms with van der Waals surface area (Å²) in [7, 11) is 1.10. The molecule has 1 heterocycles. The van der Waals surface area contributed by atoms with Crippen LogP contribution in [0.3, 0.4) is 0 Å². The Morgan fingerprint density at radius 2 is 1.57 bits per heavy atom. The maximum atomic E-state index is 12.0. The number of hydrogen-bond donors (Lipinski definition) is 0. The molecule has 0 aliphatic carbocycles. The number of nitro groups is 1. The minimum absolute atomic E-state index is 0.0126. The van der Waals surface area contributed by atoms with E-state index in [1.807, 2.05) is 0 Å². The van der Waals surface area contributed by atoms with Gasteiger partial charge in [0.25, 0.3) is 0 Å². The Balaban J connectivity index is 2.58. The van der Waals surface area contributed by atoms with Crippen LogP contribution in [0.5, 0.6) is 5.75 Å². The summed E-state index contributed by atoms with van der Waals surface area (Å²) in [6.45, 7) is 3.13. The number of hydrogen-bond acceptors (Lipinski definition) is 13. The molecule has 0 amide bonds. The lowest BCUT2D eigenvalue weighted by Gasteiger charge is -2.43. The molecular formula is C21H23NO13. The summed E-state index contributed by atoms with van der Waals surface area (Å²) in [6, 6.07) is 3.30. The quantitative estimate of drug-likeness (QED) is 0.154. The van der Waals surface area contributed by atoms with E-state index in [9.17, 15) is 34.1 Å². The lowest BCUT2D eigenvalue weighted by Crippen LogP contribution is -2.63. The third-order valence-electron chi connectivity index (χ3n) is 4.65. The maximum absolute atomic E-state index is 12.0. The molecule has 2 rings (SSSR count). The second kappa shape index (κ2) is 11.9. The van der Waals surface area contributed by atoms with E-state index < -0.39 is 71.6 Å². The molecule has 5 atom stereocenters. The minimum atomic E-state index is -1.68. The number of benzene rings is 1. The number of aldehydes is 1. The van der Waals surface area contributed by atoms with Gasteiger partial charge >= 0.3 is 29.6 Å². The van der Waals surface area contributed by atoms with Gasteiger partial charge in [0.1, 0.15) is 12.4 Å². The zero-order chi connectivity index (χ0) is 26.3. The number of methoxy groups -OCH3 is 1. The molecule has 0 N–H and O–H groups in total. The van der Waals surface area contributed by atoms with Gasteiger partial charge in [-0.1, -0.05) is 0 Å². The normalized spacial score (nSPS) is 23.4. The highest BCUT2D eigenvalue weighted by atomic mass is 16.7. The highest BCUT2D eigenvalue weighted by Crippen LogP contribution is 2.35. The molecule has 1 fully saturated rings. The van der Waals surface area contributed by atoms with Crippen molar-refractivity contribution in [2.75, 3.05) is 7.11 Å². The molecule has 14 nitrogen and oxygen atoms in total. The predicted octanol–water partition coefficient (Wildman–Crippen LogP) is 0.869. The lowest BCUT2D eigenvalue weighted by atomic mass is 9.95. The number of ether oxygens (including phenoxy) is 6. The molecule has 190 valence electrons. The molecule has 1 aromatic carbocycles. The summed E-state index contributed by atoms with van der Waals surface area (Å²) < 4.78 is 31.7. The monoisotopic (exact) mass is 497 g/mol. The molecule has 1 aromatic rings. The van der Waals surface area contributed by atoms with Gasteiger partial charge in [-0.3, -0.25) is 34.1 Å². The number of carbonyl (C=O) groups excluding carboxylic acids is 5. The summed E-state index contributed by atoms with van der Waals surface area (Å²) >= 11 is 0. The van der Waals surface area contributed by atoms with Crippen LogP contribution in [0.4, 0.5) is 5.69 Å². The van der Waals surface area contributed by atoms with Gasteiger partial charge in [0.2, 0.25) is 12.4 Å². The van der Waals surface area contributed by atoms with Crippen molar-refractivity contribution in [3.8, 4) is 5.75 Å². The highest BCUT2D eigenvalue weighted by molar-refractivity contribution is 5.77. The average molecular weight is 497 g/mol. The third-order valence-corrected chi connectivity index (χ3v) is 4.65. The molecule has 0 spiro atoms. The van der Waals surface area contributed by atoms with Crippen LogP contribution in [-0.4, -0.2) is 72.9 Å². The molecule has 14 heteroatoms. The van der Waals surface area contributed by atoms with Gasteiger partial charge in [0, 0.05) is 32.4 Å². The Morgan fingerprint density at radius 1 is 1.00 bits per heavy atom. The van der Waals surface area contributed by atoms with Gasteiger partial charge < -0.3 is 28.4 Å². The SMILES string of the molecule is COC(=O)C[C@H]1O[C@@H](Oc2ccc(C=O)cc2[N+](=O)[O-])[C@@H](OC(C)=O)[C@@H](OC(C)=O)[C@@H]1OC(C)=O. The van der Waals surface area contributed by atoms with Gasteiger partial charge in [-0.2, -0.15) is 0 Å². The number of esters is 4. The van der Waals surface area contributed by atoms with Crippen molar-refractivity contribution in [2.45, 2.75) is 57.9 Å². The topological polar surface area (TPSA) is 184 Å².